The Balaban J connectivity index is 1.32. The Kier molecular flexibility index (Phi) is 5.63. The molecule has 1 saturated heterocycles. The second-order valence-electron chi connectivity index (χ2n) is 9.51. The molecule has 4 heterocycles. The highest BCUT2D eigenvalue weighted by atomic mass is 19.1. The molecule has 1 aromatic carbocycles. The molecule has 174 valence electrons. The van der Waals surface area contributed by atoms with E-state index < -0.39 is 0 Å². The molecule has 34 heavy (non-hydrogen) atoms. The molecule has 0 aliphatic carbocycles. The fourth-order valence-electron chi connectivity index (χ4n) is 4.91. The number of hydrogen-bond acceptors (Lipinski definition) is 4. The lowest BCUT2D eigenvalue weighted by molar-refractivity contribution is 0.0647. The van der Waals surface area contributed by atoms with Gasteiger partial charge in [-0.15, -0.1) is 0 Å². The van der Waals surface area contributed by atoms with Crippen molar-refractivity contribution >= 4 is 16.9 Å². The summed E-state index contributed by atoms with van der Waals surface area (Å²) in [4.78, 5) is 24.7. The van der Waals surface area contributed by atoms with E-state index in [1.54, 1.807) is 18.3 Å². The number of aryl methyl sites for hydroxylation is 2. The Morgan fingerprint density at radius 1 is 1.12 bits per heavy atom. The van der Waals surface area contributed by atoms with Crippen LogP contribution in [0, 0.1) is 12.7 Å². The fourth-order valence-corrected chi connectivity index (χ4v) is 4.91. The topological polar surface area (TPSA) is 63.9 Å². The van der Waals surface area contributed by atoms with E-state index in [0.29, 0.717) is 18.5 Å². The summed E-state index contributed by atoms with van der Waals surface area (Å²) in [7, 11) is 1.91. The Morgan fingerprint density at radius 2 is 1.91 bits per heavy atom. The van der Waals surface area contributed by atoms with Crippen molar-refractivity contribution < 1.29 is 9.18 Å². The first-order valence-electron chi connectivity index (χ1n) is 11.6. The minimum atomic E-state index is -0.253. The molecule has 0 N–H and O–H groups in total. The minimum Gasteiger partial charge on any atom is -0.338 e. The van der Waals surface area contributed by atoms with Gasteiger partial charge in [-0.3, -0.25) is 14.5 Å². The summed E-state index contributed by atoms with van der Waals surface area (Å²) in [6.07, 6.45) is 4.14. The molecule has 1 aliphatic rings. The number of amides is 1. The van der Waals surface area contributed by atoms with Gasteiger partial charge in [-0.1, -0.05) is 19.1 Å². The highest BCUT2D eigenvalue weighted by Crippen LogP contribution is 2.34. The van der Waals surface area contributed by atoms with Gasteiger partial charge >= 0.3 is 0 Å². The number of hydrogen-bond donors (Lipinski definition) is 0. The summed E-state index contributed by atoms with van der Waals surface area (Å²) < 4.78 is 15.0. The maximum atomic E-state index is 13.3. The van der Waals surface area contributed by atoms with E-state index in [-0.39, 0.29) is 17.1 Å². The van der Waals surface area contributed by atoms with Crippen molar-refractivity contribution in [3.05, 3.63) is 88.8 Å². The van der Waals surface area contributed by atoms with Crippen LogP contribution >= 0.6 is 0 Å². The van der Waals surface area contributed by atoms with Gasteiger partial charge < -0.3 is 4.90 Å². The first kappa shape index (κ1) is 22.2. The molecule has 1 aliphatic heterocycles. The predicted octanol–water partition coefficient (Wildman–Crippen LogP) is 4.60. The van der Waals surface area contributed by atoms with Crippen molar-refractivity contribution in [1.82, 2.24) is 24.6 Å². The van der Waals surface area contributed by atoms with Crippen LogP contribution in [0.2, 0.25) is 0 Å². The van der Waals surface area contributed by atoms with Crippen LogP contribution in [0.25, 0.3) is 11.0 Å². The Labute approximate surface area is 198 Å². The fraction of sp³-hybridized carbons (Fsp3) is 0.333. The molecular weight excluding hydrogens is 429 g/mol. The zero-order valence-electron chi connectivity index (χ0n) is 19.8. The summed E-state index contributed by atoms with van der Waals surface area (Å²) >= 11 is 0. The number of pyridine rings is 2. The van der Waals surface area contributed by atoms with Gasteiger partial charge in [-0.25, -0.2) is 9.37 Å². The van der Waals surface area contributed by atoms with Gasteiger partial charge in [0, 0.05) is 49.2 Å². The average molecular weight is 458 g/mol. The number of rotatable bonds is 4. The molecule has 0 bridgehead atoms. The Bertz CT molecular complexity index is 1350. The van der Waals surface area contributed by atoms with Crippen molar-refractivity contribution in [2.24, 2.45) is 7.05 Å². The number of piperidine rings is 1. The molecule has 7 heteroatoms. The van der Waals surface area contributed by atoms with Gasteiger partial charge in [0.1, 0.15) is 5.82 Å². The van der Waals surface area contributed by atoms with Crippen LogP contribution in [0.4, 0.5) is 4.39 Å². The zero-order valence-corrected chi connectivity index (χ0v) is 19.8. The molecule has 1 amide bonds. The van der Waals surface area contributed by atoms with Gasteiger partial charge in [0.05, 0.1) is 17.0 Å². The van der Waals surface area contributed by atoms with Crippen molar-refractivity contribution in [1.29, 1.82) is 0 Å². The Hall–Kier alpha value is -3.61. The summed E-state index contributed by atoms with van der Waals surface area (Å²) in [6.45, 7) is 5.51. The lowest BCUT2D eigenvalue weighted by atomic mass is 9.78. The largest absolute Gasteiger partial charge is 0.338 e. The third kappa shape index (κ3) is 4.18. The van der Waals surface area contributed by atoms with E-state index in [1.165, 1.54) is 12.1 Å². The SMILES string of the molecule is Cc1nn(C)c2nc([C@]3(C)CCCN(C(=O)c4ccc(Cc5ccc(F)cc5)nc4)C3)ccc12. The minimum absolute atomic E-state index is 0.00999. The van der Waals surface area contributed by atoms with Gasteiger partial charge in [0.25, 0.3) is 5.91 Å². The van der Waals surface area contributed by atoms with Crippen molar-refractivity contribution in [3.8, 4) is 0 Å². The van der Waals surface area contributed by atoms with Gasteiger partial charge in [0.15, 0.2) is 5.65 Å². The number of carbonyl (C=O) groups is 1. The molecule has 5 rings (SSSR count). The normalized spacial score (nSPS) is 18.4. The van der Waals surface area contributed by atoms with Crippen LogP contribution in [-0.4, -0.2) is 43.6 Å². The predicted molar refractivity (Wildman–Crippen MR) is 129 cm³/mol. The van der Waals surface area contributed by atoms with E-state index in [9.17, 15) is 9.18 Å². The number of aromatic nitrogens is 4. The van der Waals surface area contributed by atoms with Crippen LogP contribution in [-0.2, 0) is 18.9 Å². The lowest BCUT2D eigenvalue weighted by Crippen LogP contribution is -2.47. The second-order valence-corrected chi connectivity index (χ2v) is 9.51. The van der Waals surface area contributed by atoms with Crippen LogP contribution in [0.15, 0.2) is 54.7 Å². The molecule has 0 saturated carbocycles. The molecule has 6 nitrogen and oxygen atoms in total. The van der Waals surface area contributed by atoms with Gasteiger partial charge in [-0.2, -0.15) is 5.10 Å². The van der Waals surface area contributed by atoms with E-state index in [2.05, 4.69) is 29.1 Å². The summed E-state index contributed by atoms with van der Waals surface area (Å²) in [6, 6.07) is 14.3. The highest BCUT2D eigenvalue weighted by Gasteiger charge is 2.36. The van der Waals surface area contributed by atoms with Crippen molar-refractivity contribution in [2.45, 2.75) is 38.5 Å². The lowest BCUT2D eigenvalue weighted by Gasteiger charge is -2.40. The number of likely N-dealkylation sites (tertiary alicyclic amines) is 1. The second kappa shape index (κ2) is 8.63. The molecule has 1 atom stereocenters. The van der Waals surface area contributed by atoms with E-state index in [1.807, 2.05) is 35.7 Å². The molecule has 4 aromatic rings. The van der Waals surface area contributed by atoms with Crippen LogP contribution < -0.4 is 0 Å². The molecule has 0 unspecified atom stereocenters. The Morgan fingerprint density at radius 3 is 2.65 bits per heavy atom. The summed E-state index contributed by atoms with van der Waals surface area (Å²) in [5, 5.41) is 5.55. The maximum absolute atomic E-state index is 13.3. The molecule has 1 fully saturated rings. The number of carbonyl (C=O) groups excluding carboxylic acids is 1. The van der Waals surface area contributed by atoms with Crippen LogP contribution in [0.1, 0.15) is 52.8 Å². The summed E-state index contributed by atoms with van der Waals surface area (Å²) in [5.41, 5.74) is 5.02. The maximum Gasteiger partial charge on any atom is 0.255 e. The third-order valence-corrected chi connectivity index (χ3v) is 6.84. The number of nitrogens with zero attached hydrogens (tertiary/aromatic N) is 5. The molecule has 0 radical (unpaired) electrons. The smallest absolute Gasteiger partial charge is 0.255 e. The number of halogens is 1. The highest BCUT2D eigenvalue weighted by molar-refractivity contribution is 5.94. The third-order valence-electron chi connectivity index (χ3n) is 6.84. The number of fused-ring (bicyclic) bond motifs is 1. The quantitative estimate of drug-likeness (QED) is 0.450. The molecular formula is C27H28FN5O. The van der Waals surface area contributed by atoms with Gasteiger partial charge in [-0.05, 0) is 61.7 Å². The monoisotopic (exact) mass is 457 g/mol. The number of benzene rings is 1. The van der Waals surface area contributed by atoms with Gasteiger partial charge in [0.2, 0.25) is 0 Å². The van der Waals surface area contributed by atoms with E-state index in [4.69, 9.17) is 4.98 Å². The first-order chi connectivity index (χ1) is 16.3. The molecule has 3 aromatic heterocycles. The van der Waals surface area contributed by atoms with Crippen molar-refractivity contribution in [3.63, 3.8) is 0 Å². The average Bonchev–Trinajstić information content (AvgIpc) is 3.13. The zero-order chi connectivity index (χ0) is 23.9. The van der Waals surface area contributed by atoms with Crippen LogP contribution in [0.5, 0.6) is 0 Å². The van der Waals surface area contributed by atoms with Crippen molar-refractivity contribution in [2.75, 3.05) is 13.1 Å². The van der Waals surface area contributed by atoms with E-state index >= 15 is 0 Å². The summed E-state index contributed by atoms with van der Waals surface area (Å²) in [5.74, 6) is -0.263. The van der Waals surface area contributed by atoms with Crippen LogP contribution in [0.3, 0.4) is 0 Å². The van der Waals surface area contributed by atoms with E-state index in [0.717, 1.165) is 53.1 Å². The standard InChI is InChI=1S/C27H28FN5O/c1-18-23-11-12-24(30-25(23)32(3)31-18)27(2)13-4-14-33(17-27)26(34)20-7-10-22(29-16-20)15-19-5-8-21(28)9-6-19/h5-12,16H,4,13-15,17H2,1-3H3/t27-/m1/s1. The first-order valence-corrected chi connectivity index (χ1v) is 11.6. The molecule has 0 spiro atoms.